The summed E-state index contributed by atoms with van der Waals surface area (Å²) in [5, 5.41) is 16.4. The molecule has 4 N–H and O–H groups in total. The number of phenols is 1. The van der Waals surface area contributed by atoms with Crippen molar-refractivity contribution in [3.8, 4) is 17.2 Å². The molecule has 0 unspecified atom stereocenters. The lowest BCUT2D eigenvalue weighted by atomic mass is 9.86. The number of nitrogens with one attached hydrogen (secondary N) is 1. The first-order chi connectivity index (χ1) is 14.1. The maximum atomic E-state index is 12.8. The summed E-state index contributed by atoms with van der Waals surface area (Å²) in [6.45, 7) is 7.66. The summed E-state index contributed by atoms with van der Waals surface area (Å²) in [7, 11) is 3.07. The SMILES string of the molecule is COc1ccc(OC)c(N=C(C)C(=NN)C(=O)Nc2cc(O)cc(C(C)(C)C)c2)c1. The summed E-state index contributed by atoms with van der Waals surface area (Å²) in [4.78, 5) is 17.2. The largest absolute Gasteiger partial charge is 0.508 e. The van der Waals surface area contributed by atoms with Gasteiger partial charge in [0, 0.05) is 17.8 Å². The van der Waals surface area contributed by atoms with E-state index in [1.807, 2.05) is 20.8 Å². The molecule has 2 aromatic rings. The molecule has 0 fully saturated rings. The lowest BCUT2D eigenvalue weighted by Crippen LogP contribution is -2.30. The van der Waals surface area contributed by atoms with Crippen molar-refractivity contribution in [2.75, 3.05) is 19.5 Å². The summed E-state index contributed by atoms with van der Waals surface area (Å²) in [6, 6.07) is 10.0. The minimum absolute atomic E-state index is 0.0514. The third-order valence-corrected chi connectivity index (χ3v) is 4.40. The van der Waals surface area contributed by atoms with Crippen molar-refractivity contribution >= 4 is 28.7 Å². The van der Waals surface area contributed by atoms with Crippen LogP contribution in [0.25, 0.3) is 0 Å². The van der Waals surface area contributed by atoms with Gasteiger partial charge in [0.15, 0.2) is 5.71 Å². The minimum Gasteiger partial charge on any atom is -0.508 e. The van der Waals surface area contributed by atoms with E-state index in [0.717, 1.165) is 5.56 Å². The Morgan fingerprint density at radius 1 is 1.10 bits per heavy atom. The number of carbonyl (C=O) groups is 1. The molecule has 0 saturated heterocycles. The Morgan fingerprint density at radius 3 is 2.37 bits per heavy atom. The molecule has 2 aromatic carbocycles. The van der Waals surface area contributed by atoms with Gasteiger partial charge >= 0.3 is 0 Å². The second-order valence-corrected chi connectivity index (χ2v) is 7.69. The van der Waals surface area contributed by atoms with Crippen LogP contribution >= 0.6 is 0 Å². The molecule has 0 bridgehead atoms. The zero-order chi connectivity index (χ0) is 22.5. The topological polar surface area (TPSA) is 119 Å². The van der Waals surface area contributed by atoms with Crippen molar-refractivity contribution in [2.45, 2.75) is 33.1 Å². The van der Waals surface area contributed by atoms with Gasteiger partial charge in [0.25, 0.3) is 5.91 Å². The van der Waals surface area contributed by atoms with Crippen molar-refractivity contribution in [1.82, 2.24) is 0 Å². The number of hydrogen-bond acceptors (Lipinski definition) is 7. The van der Waals surface area contributed by atoms with Crippen LogP contribution in [-0.2, 0) is 10.2 Å². The molecule has 30 heavy (non-hydrogen) atoms. The fourth-order valence-corrected chi connectivity index (χ4v) is 2.74. The third kappa shape index (κ3) is 5.50. The number of hydrogen-bond donors (Lipinski definition) is 3. The Morgan fingerprint density at radius 2 is 1.80 bits per heavy atom. The molecule has 0 spiro atoms. The number of methoxy groups -OCH3 is 2. The number of rotatable bonds is 6. The van der Waals surface area contributed by atoms with Crippen LogP contribution in [0.3, 0.4) is 0 Å². The molecule has 2 rings (SSSR count). The van der Waals surface area contributed by atoms with Crippen LogP contribution < -0.4 is 20.6 Å². The fraction of sp³-hybridized carbons (Fsp3) is 0.318. The standard InChI is InChI=1S/C22H28N4O4/c1-13(24-18-12-17(29-5)7-8-19(18)30-6)20(26-23)21(28)25-15-9-14(22(2,3)4)10-16(27)11-15/h7-12,27H,23H2,1-6H3,(H,25,28). The molecule has 1 amide bonds. The Labute approximate surface area is 176 Å². The molecule has 0 saturated carbocycles. The Balaban J connectivity index is 2.34. The summed E-state index contributed by atoms with van der Waals surface area (Å²) in [6.07, 6.45) is 0. The monoisotopic (exact) mass is 412 g/mol. The Kier molecular flexibility index (Phi) is 7.05. The van der Waals surface area contributed by atoms with Crippen LogP contribution in [0.4, 0.5) is 11.4 Å². The summed E-state index contributed by atoms with van der Waals surface area (Å²) in [5.41, 5.74) is 1.80. The predicted octanol–water partition coefficient (Wildman–Crippen LogP) is 3.75. The van der Waals surface area contributed by atoms with E-state index >= 15 is 0 Å². The number of aromatic hydroxyl groups is 1. The maximum absolute atomic E-state index is 12.8. The van der Waals surface area contributed by atoms with E-state index in [4.69, 9.17) is 15.3 Å². The first-order valence-corrected chi connectivity index (χ1v) is 9.30. The molecule has 0 aliphatic carbocycles. The average Bonchev–Trinajstić information content (AvgIpc) is 2.67. The number of nitrogens with two attached hydrogens (primary N) is 1. The number of ether oxygens (including phenoxy) is 2. The second kappa shape index (κ2) is 9.30. The molecular weight excluding hydrogens is 384 g/mol. The first kappa shape index (κ1) is 22.7. The van der Waals surface area contributed by atoms with Crippen LogP contribution in [-0.4, -0.2) is 36.7 Å². The van der Waals surface area contributed by atoms with E-state index in [2.05, 4.69) is 15.4 Å². The molecule has 0 aliphatic heterocycles. The highest BCUT2D eigenvalue weighted by Gasteiger charge is 2.19. The van der Waals surface area contributed by atoms with E-state index in [-0.39, 0.29) is 22.6 Å². The van der Waals surface area contributed by atoms with Crippen LogP contribution in [0.2, 0.25) is 0 Å². The molecular formula is C22H28N4O4. The van der Waals surface area contributed by atoms with Gasteiger partial charge in [-0.1, -0.05) is 20.8 Å². The zero-order valence-electron chi connectivity index (χ0n) is 18.1. The third-order valence-electron chi connectivity index (χ3n) is 4.40. The Bertz CT molecular complexity index is 991. The van der Waals surface area contributed by atoms with Gasteiger partial charge in [-0.05, 0) is 42.2 Å². The average molecular weight is 412 g/mol. The van der Waals surface area contributed by atoms with Crippen molar-refractivity contribution in [3.63, 3.8) is 0 Å². The van der Waals surface area contributed by atoms with E-state index < -0.39 is 5.91 Å². The van der Waals surface area contributed by atoms with E-state index in [9.17, 15) is 9.90 Å². The normalized spacial score (nSPS) is 12.5. The molecule has 0 aromatic heterocycles. The molecule has 8 heteroatoms. The highest BCUT2D eigenvalue weighted by atomic mass is 16.5. The van der Waals surface area contributed by atoms with Crippen LogP contribution in [0.5, 0.6) is 17.2 Å². The first-order valence-electron chi connectivity index (χ1n) is 9.30. The maximum Gasteiger partial charge on any atom is 0.277 e. The number of aliphatic imine (C=N–C) groups is 1. The molecule has 0 heterocycles. The number of benzene rings is 2. The van der Waals surface area contributed by atoms with Gasteiger partial charge in [0.05, 0.1) is 19.9 Å². The number of amides is 1. The zero-order valence-corrected chi connectivity index (χ0v) is 18.1. The molecule has 0 atom stereocenters. The van der Waals surface area contributed by atoms with Crippen molar-refractivity contribution in [3.05, 3.63) is 42.0 Å². The number of nitrogens with zero attached hydrogens (tertiary/aromatic N) is 2. The number of carbonyl (C=O) groups excluding carboxylic acids is 1. The van der Waals surface area contributed by atoms with Gasteiger partial charge in [0.2, 0.25) is 0 Å². The van der Waals surface area contributed by atoms with E-state index in [1.54, 1.807) is 44.4 Å². The van der Waals surface area contributed by atoms with Crippen molar-refractivity contribution < 1.29 is 19.4 Å². The fourth-order valence-electron chi connectivity index (χ4n) is 2.74. The number of hydrazone groups is 1. The van der Waals surface area contributed by atoms with E-state index in [1.165, 1.54) is 13.2 Å². The lowest BCUT2D eigenvalue weighted by Gasteiger charge is -2.20. The molecule has 0 aliphatic rings. The predicted molar refractivity (Wildman–Crippen MR) is 119 cm³/mol. The van der Waals surface area contributed by atoms with Gasteiger partial charge in [-0.15, -0.1) is 0 Å². The highest BCUT2D eigenvalue weighted by Crippen LogP contribution is 2.32. The number of phenolic OH excluding ortho intramolecular Hbond substituents is 1. The minimum atomic E-state index is -0.550. The Hall–Kier alpha value is -3.55. The summed E-state index contributed by atoms with van der Waals surface area (Å²) < 4.78 is 10.5. The van der Waals surface area contributed by atoms with Crippen molar-refractivity contribution in [2.24, 2.45) is 15.9 Å². The molecule has 0 radical (unpaired) electrons. The van der Waals surface area contributed by atoms with Gasteiger partial charge < -0.3 is 25.7 Å². The van der Waals surface area contributed by atoms with Crippen LogP contribution in [0.1, 0.15) is 33.3 Å². The summed E-state index contributed by atoms with van der Waals surface area (Å²) in [5.74, 6) is 6.08. The van der Waals surface area contributed by atoms with Gasteiger partial charge in [-0.3, -0.25) is 4.79 Å². The second-order valence-electron chi connectivity index (χ2n) is 7.69. The number of anilines is 1. The molecule has 8 nitrogen and oxygen atoms in total. The lowest BCUT2D eigenvalue weighted by molar-refractivity contribution is -0.110. The summed E-state index contributed by atoms with van der Waals surface area (Å²) >= 11 is 0. The quantitative estimate of drug-likeness (QED) is 0.379. The highest BCUT2D eigenvalue weighted by molar-refractivity contribution is 6.68. The van der Waals surface area contributed by atoms with Gasteiger partial charge in [-0.25, -0.2) is 4.99 Å². The van der Waals surface area contributed by atoms with E-state index in [0.29, 0.717) is 22.9 Å². The van der Waals surface area contributed by atoms with Gasteiger partial charge in [0.1, 0.15) is 22.9 Å². The van der Waals surface area contributed by atoms with Crippen LogP contribution in [0, 0.1) is 0 Å². The molecule has 160 valence electrons. The smallest absolute Gasteiger partial charge is 0.277 e. The van der Waals surface area contributed by atoms with Crippen molar-refractivity contribution in [1.29, 1.82) is 0 Å². The van der Waals surface area contributed by atoms with Crippen LogP contribution in [0.15, 0.2) is 46.5 Å². The van der Waals surface area contributed by atoms with Gasteiger partial charge in [-0.2, -0.15) is 5.10 Å².